The average Bonchev–Trinajstić information content (AvgIpc) is 2.83. The van der Waals surface area contributed by atoms with E-state index in [9.17, 15) is 4.79 Å². The van der Waals surface area contributed by atoms with Gasteiger partial charge >= 0.3 is 0 Å². The van der Waals surface area contributed by atoms with Crippen molar-refractivity contribution in [2.45, 2.75) is 11.3 Å². The van der Waals surface area contributed by atoms with Gasteiger partial charge < -0.3 is 5.32 Å². The standard InChI is InChI=1S/C14H17N3OS/c1-17-10-13(9-16-17)19-11-14(18)15-8-7-12-5-3-2-4-6-12/h2-6,9-10H,7-8,11H2,1H3,(H,15,18). The topological polar surface area (TPSA) is 46.9 Å². The van der Waals surface area contributed by atoms with Crippen LogP contribution < -0.4 is 5.32 Å². The maximum absolute atomic E-state index is 11.7. The lowest BCUT2D eigenvalue weighted by molar-refractivity contribution is -0.118. The molecule has 1 aromatic carbocycles. The molecule has 0 aliphatic rings. The van der Waals surface area contributed by atoms with Gasteiger partial charge in [-0.3, -0.25) is 9.48 Å². The Kier molecular flexibility index (Phi) is 5.03. The summed E-state index contributed by atoms with van der Waals surface area (Å²) in [5.41, 5.74) is 1.24. The zero-order chi connectivity index (χ0) is 13.5. The van der Waals surface area contributed by atoms with Gasteiger partial charge in [0.25, 0.3) is 0 Å². The number of nitrogens with zero attached hydrogens (tertiary/aromatic N) is 2. The molecule has 0 fully saturated rings. The van der Waals surface area contributed by atoms with Crippen molar-refractivity contribution in [3.63, 3.8) is 0 Å². The van der Waals surface area contributed by atoms with Gasteiger partial charge in [0, 0.05) is 24.7 Å². The van der Waals surface area contributed by atoms with Crippen LogP contribution in [0.3, 0.4) is 0 Å². The smallest absolute Gasteiger partial charge is 0.230 e. The fourth-order valence-corrected chi connectivity index (χ4v) is 2.41. The molecular weight excluding hydrogens is 258 g/mol. The molecule has 4 nitrogen and oxygen atoms in total. The summed E-state index contributed by atoms with van der Waals surface area (Å²) in [7, 11) is 1.87. The van der Waals surface area contributed by atoms with Gasteiger partial charge in [0.15, 0.2) is 0 Å². The first kappa shape index (κ1) is 13.7. The van der Waals surface area contributed by atoms with Gasteiger partial charge in [0.2, 0.25) is 5.91 Å². The zero-order valence-corrected chi connectivity index (χ0v) is 11.7. The first-order valence-electron chi connectivity index (χ1n) is 6.16. The Bertz CT molecular complexity index is 524. The summed E-state index contributed by atoms with van der Waals surface area (Å²) >= 11 is 1.50. The molecule has 1 N–H and O–H groups in total. The highest BCUT2D eigenvalue weighted by Gasteiger charge is 2.03. The van der Waals surface area contributed by atoms with E-state index in [2.05, 4.69) is 22.5 Å². The van der Waals surface area contributed by atoms with Crippen LogP contribution in [0.5, 0.6) is 0 Å². The largest absolute Gasteiger partial charge is 0.355 e. The minimum Gasteiger partial charge on any atom is -0.355 e. The second kappa shape index (κ2) is 6.99. The van der Waals surface area contributed by atoms with E-state index in [4.69, 9.17) is 0 Å². The second-order valence-electron chi connectivity index (χ2n) is 4.22. The molecule has 0 aliphatic heterocycles. The molecule has 2 aromatic rings. The van der Waals surface area contributed by atoms with Crippen LogP contribution in [0.1, 0.15) is 5.56 Å². The molecule has 1 heterocycles. The number of amides is 1. The van der Waals surface area contributed by atoms with E-state index in [-0.39, 0.29) is 5.91 Å². The number of rotatable bonds is 6. The van der Waals surface area contributed by atoms with Crippen LogP contribution >= 0.6 is 11.8 Å². The number of thioether (sulfide) groups is 1. The summed E-state index contributed by atoms with van der Waals surface area (Å²) in [6.07, 6.45) is 4.54. The number of aromatic nitrogens is 2. The molecule has 1 amide bonds. The maximum Gasteiger partial charge on any atom is 0.230 e. The lowest BCUT2D eigenvalue weighted by Gasteiger charge is -2.04. The molecule has 0 unspecified atom stereocenters. The molecule has 2 rings (SSSR count). The van der Waals surface area contributed by atoms with Gasteiger partial charge in [-0.05, 0) is 12.0 Å². The number of hydrogen-bond acceptors (Lipinski definition) is 3. The Morgan fingerprint density at radius 2 is 2.16 bits per heavy atom. The fraction of sp³-hybridized carbons (Fsp3) is 0.286. The van der Waals surface area contributed by atoms with Crippen LogP contribution in [0.4, 0.5) is 0 Å². The number of nitrogens with one attached hydrogen (secondary N) is 1. The van der Waals surface area contributed by atoms with Crippen molar-refractivity contribution in [3.05, 3.63) is 48.3 Å². The van der Waals surface area contributed by atoms with E-state index < -0.39 is 0 Å². The number of hydrogen-bond donors (Lipinski definition) is 1. The lowest BCUT2D eigenvalue weighted by atomic mass is 10.1. The van der Waals surface area contributed by atoms with E-state index in [1.54, 1.807) is 10.9 Å². The molecular formula is C14H17N3OS. The van der Waals surface area contributed by atoms with Gasteiger partial charge in [-0.15, -0.1) is 11.8 Å². The zero-order valence-electron chi connectivity index (χ0n) is 10.9. The highest BCUT2D eigenvalue weighted by atomic mass is 32.2. The monoisotopic (exact) mass is 275 g/mol. The minimum atomic E-state index is 0.0600. The minimum absolute atomic E-state index is 0.0600. The molecule has 0 radical (unpaired) electrons. The highest BCUT2D eigenvalue weighted by molar-refractivity contribution is 8.00. The number of benzene rings is 1. The Morgan fingerprint density at radius 1 is 1.37 bits per heavy atom. The van der Waals surface area contributed by atoms with Crippen LogP contribution in [0.25, 0.3) is 0 Å². The van der Waals surface area contributed by atoms with Gasteiger partial charge in [-0.25, -0.2) is 0 Å². The van der Waals surface area contributed by atoms with Crippen LogP contribution in [0, 0.1) is 0 Å². The number of carbonyl (C=O) groups is 1. The third-order valence-electron chi connectivity index (χ3n) is 2.63. The van der Waals surface area contributed by atoms with E-state index in [1.807, 2.05) is 31.4 Å². The molecule has 0 spiro atoms. The van der Waals surface area contributed by atoms with Gasteiger partial charge in [-0.2, -0.15) is 5.10 Å². The Balaban J connectivity index is 1.65. The SMILES string of the molecule is Cn1cc(SCC(=O)NCCc2ccccc2)cn1. The van der Waals surface area contributed by atoms with Gasteiger partial charge in [-0.1, -0.05) is 30.3 Å². The van der Waals surface area contributed by atoms with E-state index in [1.165, 1.54) is 17.3 Å². The molecule has 5 heteroatoms. The molecule has 0 aliphatic carbocycles. The molecule has 1 aromatic heterocycles. The summed E-state index contributed by atoms with van der Waals surface area (Å²) in [5, 5.41) is 6.98. The summed E-state index contributed by atoms with van der Waals surface area (Å²) in [4.78, 5) is 12.7. The first-order valence-corrected chi connectivity index (χ1v) is 7.14. The predicted octanol–water partition coefficient (Wildman–Crippen LogP) is 1.87. The molecule has 0 saturated heterocycles. The molecule has 100 valence electrons. The number of carbonyl (C=O) groups excluding carboxylic acids is 1. The summed E-state index contributed by atoms with van der Waals surface area (Å²) in [6.45, 7) is 0.677. The van der Waals surface area contributed by atoms with Gasteiger partial charge in [0.05, 0.1) is 11.9 Å². The van der Waals surface area contributed by atoms with Crippen molar-refractivity contribution < 1.29 is 4.79 Å². The van der Waals surface area contributed by atoms with Crippen LogP contribution in [-0.2, 0) is 18.3 Å². The quantitative estimate of drug-likeness (QED) is 0.819. The fourth-order valence-electron chi connectivity index (χ4n) is 1.66. The molecule has 19 heavy (non-hydrogen) atoms. The average molecular weight is 275 g/mol. The predicted molar refractivity (Wildman–Crippen MR) is 77.1 cm³/mol. The third kappa shape index (κ3) is 4.79. The normalized spacial score (nSPS) is 10.4. The van der Waals surface area contributed by atoms with Crippen LogP contribution in [0.15, 0.2) is 47.6 Å². The van der Waals surface area contributed by atoms with Crippen molar-refractivity contribution in [3.8, 4) is 0 Å². The summed E-state index contributed by atoms with van der Waals surface area (Å²) in [6, 6.07) is 10.1. The van der Waals surface area contributed by atoms with Gasteiger partial charge in [0.1, 0.15) is 0 Å². The Labute approximate surface area is 117 Å². The van der Waals surface area contributed by atoms with E-state index in [0.29, 0.717) is 12.3 Å². The summed E-state index contributed by atoms with van der Waals surface area (Å²) < 4.78 is 1.73. The third-order valence-corrected chi connectivity index (χ3v) is 3.58. The van der Waals surface area contributed by atoms with Crippen molar-refractivity contribution in [2.24, 2.45) is 7.05 Å². The lowest BCUT2D eigenvalue weighted by Crippen LogP contribution is -2.27. The molecule has 0 atom stereocenters. The Hall–Kier alpha value is -1.75. The van der Waals surface area contributed by atoms with Crippen molar-refractivity contribution in [1.29, 1.82) is 0 Å². The van der Waals surface area contributed by atoms with E-state index in [0.717, 1.165) is 11.3 Å². The second-order valence-corrected chi connectivity index (χ2v) is 5.27. The highest BCUT2D eigenvalue weighted by Crippen LogP contribution is 2.15. The summed E-state index contributed by atoms with van der Waals surface area (Å²) in [5.74, 6) is 0.491. The van der Waals surface area contributed by atoms with Crippen LogP contribution in [0.2, 0.25) is 0 Å². The molecule has 0 bridgehead atoms. The first-order chi connectivity index (χ1) is 9.24. The van der Waals surface area contributed by atoms with Crippen LogP contribution in [-0.4, -0.2) is 28.0 Å². The maximum atomic E-state index is 11.7. The number of aryl methyl sites for hydroxylation is 1. The molecule has 0 saturated carbocycles. The van der Waals surface area contributed by atoms with Crippen molar-refractivity contribution >= 4 is 17.7 Å². The van der Waals surface area contributed by atoms with Crippen molar-refractivity contribution in [1.82, 2.24) is 15.1 Å². The van der Waals surface area contributed by atoms with E-state index >= 15 is 0 Å². The Morgan fingerprint density at radius 3 is 2.84 bits per heavy atom. The van der Waals surface area contributed by atoms with Crippen molar-refractivity contribution in [2.75, 3.05) is 12.3 Å².